The Labute approximate surface area is 129 Å². The zero-order valence-electron chi connectivity index (χ0n) is 12.1. The Morgan fingerprint density at radius 3 is 2.57 bits per heavy atom. The summed E-state index contributed by atoms with van der Waals surface area (Å²) in [5, 5.41) is 9.22. The van der Waals surface area contributed by atoms with Crippen LogP contribution in [0.4, 0.5) is 0 Å². The Kier molecular flexibility index (Phi) is 4.93. The van der Waals surface area contributed by atoms with E-state index in [1.54, 1.807) is 13.8 Å². The van der Waals surface area contributed by atoms with Crippen molar-refractivity contribution in [1.82, 2.24) is 15.5 Å². The van der Waals surface area contributed by atoms with Gasteiger partial charge in [-0.2, -0.15) is 5.10 Å². The highest BCUT2D eigenvalue weighted by atomic mass is 35.7. The van der Waals surface area contributed by atoms with Crippen molar-refractivity contribution >= 4 is 25.6 Å². The second kappa shape index (κ2) is 6.36. The number of carbonyl (C=O) groups excluding carboxylic acids is 1. The van der Waals surface area contributed by atoms with Crippen LogP contribution in [0.15, 0.2) is 4.90 Å². The second-order valence-corrected chi connectivity index (χ2v) is 8.27. The number of H-pyrrole nitrogens is 1. The maximum absolute atomic E-state index is 12.2. The highest BCUT2D eigenvalue weighted by Gasteiger charge is 2.30. The Morgan fingerprint density at radius 1 is 1.43 bits per heavy atom. The molecule has 0 unspecified atom stereocenters. The molecule has 0 atom stereocenters. The first kappa shape index (κ1) is 16.3. The van der Waals surface area contributed by atoms with Gasteiger partial charge in [-0.1, -0.05) is 26.7 Å². The van der Waals surface area contributed by atoms with Gasteiger partial charge in [-0.3, -0.25) is 9.89 Å². The molecule has 1 aromatic heterocycles. The largest absolute Gasteiger partial charge is 0.350 e. The topological polar surface area (TPSA) is 91.9 Å². The van der Waals surface area contributed by atoms with Crippen LogP contribution in [0.2, 0.25) is 0 Å². The summed E-state index contributed by atoms with van der Waals surface area (Å²) >= 11 is 0. The average Bonchev–Trinajstić information content (AvgIpc) is 3.03. The maximum atomic E-state index is 12.2. The number of aromatic nitrogens is 2. The zero-order chi connectivity index (χ0) is 15.6. The van der Waals surface area contributed by atoms with Crippen LogP contribution >= 0.6 is 10.7 Å². The van der Waals surface area contributed by atoms with E-state index in [9.17, 15) is 13.2 Å². The van der Waals surface area contributed by atoms with Crippen LogP contribution in [-0.4, -0.2) is 31.1 Å². The molecule has 1 saturated carbocycles. The lowest BCUT2D eigenvalue weighted by molar-refractivity contribution is 0.0939. The van der Waals surface area contributed by atoms with E-state index in [0.717, 1.165) is 12.8 Å². The van der Waals surface area contributed by atoms with E-state index in [1.165, 1.54) is 12.8 Å². The summed E-state index contributed by atoms with van der Waals surface area (Å²) in [6, 6.07) is 0. The summed E-state index contributed by atoms with van der Waals surface area (Å²) in [6.45, 7) is 4.16. The lowest BCUT2D eigenvalue weighted by atomic mass is 10.1. The fraction of sp³-hybridized carbons (Fsp3) is 0.692. The van der Waals surface area contributed by atoms with Crippen molar-refractivity contribution in [3.05, 3.63) is 11.4 Å². The first-order valence-electron chi connectivity index (χ1n) is 7.11. The van der Waals surface area contributed by atoms with E-state index in [1.807, 2.05) is 0 Å². The molecule has 0 saturated heterocycles. The van der Waals surface area contributed by atoms with Crippen LogP contribution < -0.4 is 5.32 Å². The Balaban J connectivity index is 2.20. The van der Waals surface area contributed by atoms with Crippen LogP contribution in [0.1, 0.15) is 61.6 Å². The third kappa shape index (κ3) is 3.77. The van der Waals surface area contributed by atoms with Gasteiger partial charge in [0.15, 0.2) is 5.69 Å². The minimum Gasteiger partial charge on any atom is -0.350 e. The molecule has 21 heavy (non-hydrogen) atoms. The van der Waals surface area contributed by atoms with E-state index in [-0.39, 0.29) is 16.5 Å². The predicted molar refractivity (Wildman–Crippen MR) is 80.0 cm³/mol. The summed E-state index contributed by atoms with van der Waals surface area (Å²) in [5.74, 6) is -0.157. The molecule has 0 radical (unpaired) electrons. The lowest BCUT2D eigenvalue weighted by Crippen LogP contribution is -2.29. The van der Waals surface area contributed by atoms with Gasteiger partial charge in [0.2, 0.25) is 0 Å². The fourth-order valence-corrected chi connectivity index (χ4v) is 4.05. The van der Waals surface area contributed by atoms with E-state index < -0.39 is 15.0 Å². The molecule has 1 aromatic rings. The first-order valence-corrected chi connectivity index (χ1v) is 9.42. The molecule has 1 amide bonds. The summed E-state index contributed by atoms with van der Waals surface area (Å²) in [5.41, 5.74) is 0.211. The number of hydrogen-bond donors (Lipinski definition) is 2. The molecule has 0 aliphatic heterocycles. The molecule has 0 aromatic carbocycles. The van der Waals surface area contributed by atoms with Gasteiger partial charge >= 0.3 is 0 Å². The molecular weight excluding hydrogens is 314 g/mol. The van der Waals surface area contributed by atoms with Gasteiger partial charge in [0.25, 0.3) is 15.0 Å². The van der Waals surface area contributed by atoms with Gasteiger partial charge in [-0.25, -0.2) is 8.42 Å². The Morgan fingerprint density at radius 2 is 2.05 bits per heavy atom. The number of halogens is 1. The maximum Gasteiger partial charge on any atom is 0.273 e. The third-order valence-corrected chi connectivity index (χ3v) is 5.17. The summed E-state index contributed by atoms with van der Waals surface area (Å²) < 4.78 is 23.5. The van der Waals surface area contributed by atoms with E-state index >= 15 is 0 Å². The van der Waals surface area contributed by atoms with Crippen molar-refractivity contribution in [2.24, 2.45) is 5.92 Å². The number of nitrogens with zero attached hydrogens (tertiary/aromatic N) is 1. The Bertz CT molecular complexity index is 619. The smallest absolute Gasteiger partial charge is 0.273 e. The molecule has 1 aliphatic rings. The number of amides is 1. The highest BCUT2D eigenvalue weighted by molar-refractivity contribution is 8.13. The summed E-state index contributed by atoms with van der Waals surface area (Å²) in [6.07, 6.45) is 4.56. The average molecular weight is 334 g/mol. The molecule has 0 bridgehead atoms. The van der Waals surface area contributed by atoms with Gasteiger partial charge in [0, 0.05) is 17.2 Å². The van der Waals surface area contributed by atoms with Gasteiger partial charge in [0.1, 0.15) is 4.90 Å². The van der Waals surface area contributed by atoms with E-state index in [0.29, 0.717) is 18.2 Å². The number of carbonyl (C=O) groups is 1. The summed E-state index contributed by atoms with van der Waals surface area (Å²) in [4.78, 5) is 12.0. The second-order valence-electron chi connectivity index (χ2n) is 5.77. The standard InChI is InChI=1S/C13H20ClN3O3S/c1-8(2)10-12(21(14,19)20)11(17-16-10)13(18)15-7-9-5-3-4-6-9/h8-9H,3-7H2,1-2H3,(H,15,18)(H,16,17). The van der Waals surface area contributed by atoms with Crippen molar-refractivity contribution in [3.8, 4) is 0 Å². The quantitative estimate of drug-likeness (QED) is 0.809. The SMILES string of the molecule is CC(C)c1[nH]nc(C(=O)NCC2CCCC2)c1S(=O)(=O)Cl. The van der Waals surface area contributed by atoms with E-state index in [4.69, 9.17) is 10.7 Å². The van der Waals surface area contributed by atoms with Crippen molar-refractivity contribution in [2.45, 2.75) is 50.3 Å². The van der Waals surface area contributed by atoms with Crippen LogP contribution in [-0.2, 0) is 9.05 Å². The van der Waals surface area contributed by atoms with Gasteiger partial charge in [0.05, 0.1) is 5.69 Å². The van der Waals surface area contributed by atoms with Crippen LogP contribution in [0.5, 0.6) is 0 Å². The summed E-state index contributed by atoms with van der Waals surface area (Å²) in [7, 11) is 1.43. The third-order valence-electron chi connectivity index (χ3n) is 3.81. The molecule has 2 rings (SSSR count). The van der Waals surface area contributed by atoms with Crippen molar-refractivity contribution in [1.29, 1.82) is 0 Å². The molecule has 6 nitrogen and oxygen atoms in total. The molecule has 1 fully saturated rings. The van der Waals surface area contributed by atoms with Crippen LogP contribution in [0.3, 0.4) is 0 Å². The molecule has 118 valence electrons. The van der Waals surface area contributed by atoms with Crippen LogP contribution in [0, 0.1) is 5.92 Å². The molecule has 0 spiro atoms. The Hall–Kier alpha value is -1.08. The number of nitrogens with one attached hydrogen (secondary N) is 2. The zero-order valence-corrected chi connectivity index (χ0v) is 13.7. The highest BCUT2D eigenvalue weighted by Crippen LogP contribution is 2.28. The minimum absolute atomic E-state index is 0.127. The first-order chi connectivity index (χ1) is 9.80. The number of rotatable bonds is 5. The van der Waals surface area contributed by atoms with Gasteiger partial charge < -0.3 is 5.32 Å². The predicted octanol–water partition coefficient (Wildman–Crippen LogP) is 2.38. The van der Waals surface area contributed by atoms with E-state index in [2.05, 4.69) is 15.5 Å². The normalized spacial score (nSPS) is 16.6. The molecular formula is C13H20ClN3O3S. The number of aromatic amines is 1. The molecule has 2 N–H and O–H groups in total. The fourth-order valence-electron chi connectivity index (χ4n) is 2.67. The van der Waals surface area contributed by atoms with Gasteiger partial charge in [-0.05, 0) is 24.7 Å². The lowest BCUT2D eigenvalue weighted by Gasteiger charge is -2.10. The molecule has 1 heterocycles. The van der Waals surface area contributed by atoms with Crippen molar-refractivity contribution < 1.29 is 13.2 Å². The molecule has 8 heteroatoms. The molecule has 1 aliphatic carbocycles. The van der Waals surface area contributed by atoms with Crippen molar-refractivity contribution in [3.63, 3.8) is 0 Å². The van der Waals surface area contributed by atoms with Crippen molar-refractivity contribution in [2.75, 3.05) is 6.54 Å². The van der Waals surface area contributed by atoms with Crippen LogP contribution in [0.25, 0.3) is 0 Å². The van der Waals surface area contributed by atoms with Gasteiger partial charge in [-0.15, -0.1) is 0 Å². The number of hydrogen-bond acceptors (Lipinski definition) is 4. The monoisotopic (exact) mass is 333 g/mol. The minimum atomic E-state index is -4.03.